The van der Waals surface area contributed by atoms with Crippen molar-refractivity contribution in [2.75, 3.05) is 10.2 Å². The van der Waals surface area contributed by atoms with E-state index in [1.807, 2.05) is 12.1 Å². The van der Waals surface area contributed by atoms with Crippen LogP contribution in [0, 0.1) is 0 Å². The minimum absolute atomic E-state index is 0.158. The Morgan fingerprint density at radius 3 is 2.90 bits per heavy atom. The molecule has 3 rings (SSSR count). The average Bonchev–Trinajstić information content (AvgIpc) is 2.91. The van der Waals surface area contributed by atoms with E-state index in [4.69, 9.17) is 17.3 Å². The number of amides is 1. The average molecular weight is 294 g/mol. The van der Waals surface area contributed by atoms with E-state index in [1.165, 1.54) is 12.8 Å². The third-order valence-electron chi connectivity index (χ3n) is 4.53. The summed E-state index contributed by atoms with van der Waals surface area (Å²) < 4.78 is 0. The Hall–Kier alpha value is -1.26. The highest BCUT2D eigenvalue weighted by Gasteiger charge is 2.34. The summed E-state index contributed by atoms with van der Waals surface area (Å²) in [5, 5.41) is 3.52. The zero-order chi connectivity index (χ0) is 14.4. The second-order valence-electron chi connectivity index (χ2n) is 5.75. The Morgan fingerprint density at radius 1 is 1.45 bits per heavy atom. The SMILES string of the molecule is CCC1CCC(C)N1c1cc2c(cc1Cl)C(N)C(=O)N2. The van der Waals surface area contributed by atoms with Crippen LogP contribution in [0.1, 0.15) is 44.7 Å². The first kappa shape index (κ1) is 13.7. The minimum Gasteiger partial charge on any atom is -0.365 e. The van der Waals surface area contributed by atoms with Gasteiger partial charge in [-0.1, -0.05) is 18.5 Å². The molecule has 1 saturated heterocycles. The summed E-state index contributed by atoms with van der Waals surface area (Å²) in [6, 6.07) is 4.21. The number of rotatable bonds is 2. The van der Waals surface area contributed by atoms with Gasteiger partial charge < -0.3 is 16.0 Å². The summed E-state index contributed by atoms with van der Waals surface area (Å²) in [6.45, 7) is 4.43. The third-order valence-corrected chi connectivity index (χ3v) is 4.83. The molecule has 2 aliphatic heterocycles. The van der Waals surface area contributed by atoms with Crippen molar-refractivity contribution in [3.8, 4) is 0 Å². The third kappa shape index (κ3) is 1.98. The maximum absolute atomic E-state index is 11.7. The second-order valence-corrected chi connectivity index (χ2v) is 6.16. The summed E-state index contributed by atoms with van der Waals surface area (Å²) in [7, 11) is 0. The zero-order valence-electron chi connectivity index (χ0n) is 11.8. The number of fused-ring (bicyclic) bond motifs is 1. The molecule has 3 atom stereocenters. The molecule has 2 heterocycles. The van der Waals surface area contributed by atoms with Gasteiger partial charge in [0.05, 0.1) is 10.7 Å². The summed E-state index contributed by atoms with van der Waals surface area (Å²) in [6.07, 6.45) is 3.47. The van der Waals surface area contributed by atoms with Gasteiger partial charge in [-0.15, -0.1) is 0 Å². The Labute approximate surface area is 124 Å². The van der Waals surface area contributed by atoms with Crippen LogP contribution in [0.15, 0.2) is 12.1 Å². The first-order chi connectivity index (χ1) is 9.52. The number of anilines is 2. The van der Waals surface area contributed by atoms with E-state index < -0.39 is 6.04 Å². The molecule has 1 aromatic rings. The molecule has 0 aliphatic carbocycles. The zero-order valence-corrected chi connectivity index (χ0v) is 12.6. The van der Waals surface area contributed by atoms with E-state index >= 15 is 0 Å². The van der Waals surface area contributed by atoms with Gasteiger partial charge in [0.25, 0.3) is 0 Å². The number of carbonyl (C=O) groups excluding carboxylic acids is 1. The smallest absolute Gasteiger partial charge is 0.245 e. The van der Waals surface area contributed by atoms with Crippen LogP contribution in [0.25, 0.3) is 0 Å². The Balaban J connectivity index is 2.03. The number of hydrogen-bond donors (Lipinski definition) is 2. The highest BCUT2D eigenvalue weighted by atomic mass is 35.5. The molecule has 20 heavy (non-hydrogen) atoms. The number of hydrogen-bond acceptors (Lipinski definition) is 3. The van der Waals surface area contributed by atoms with E-state index in [2.05, 4.69) is 24.1 Å². The molecule has 108 valence electrons. The van der Waals surface area contributed by atoms with Crippen molar-refractivity contribution in [3.05, 3.63) is 22.7 Å². The Bertz CT molecular complexity index is 560. The van der Waals surface area contributed by atoms with Crippen molar-refractivity contribution in [1.29, 1.82) is 0 Å². The van der Waals surface area contributed by atoms with Crippen LogP contribution in [0.2, 0.25) is 5.02 Å². The molecular formula is C15H20ClN3O. The summed E-state index contributed by atoms with van der Waals surface area (Å²) in [4.78, 5) is 14.1. The van der Waals surface area contributed by atoms with E-state index in [0.29, 0.717) is 17.1 Å². The van der Waals surface area contributed by atoms with Crippen molar-refractivity contribution in [1.82, 2.24) is 0 Å². The lowest BCUT2D eigenvalue weighted by Crippen LogP contribution is -2.34. The van der Waals surface area contributed by atoms with Gasteiger partial charge in [0.1, 0.15) is 6.04 Å². The van der Waals surface area contributed by atoms with Gasteiger partial charge in [-0.3, -0.25) is 4.79 Å². The molecule has 3 N–H and O–H groups in total. The van der Waals surface area contributed by atoms with Crippen LogP contribution in [0.3, 0.4) is 0 Å². The molecule has 1 fully saturated rings. The number of halogens is 1. The fourth-order valence-electron chi connectivity index (χ4n) is 3.40. The fraction of sp³-hybridized carbons (Fsp3) is 0.533. The molecular weight excluding hydrogens is 274 g/mol. The van der Waals surface area contributed by atoms with Crippen molar-refractivity contribution < 1.29 is 4.79 Å². The highest BCUT2D eigenvalue weighted by Crippen LogP contribution is 2.42. The summed E-state index contributed by atoms with van der Waals surface area (Å²) in [5.74, 6) is -0.158. The topological polar surface area (TPSA) is 58.4 Å². The largest absolute Gasteiger partial charge is 0.365 e. The number of nitrogens with one attached hydrogen (secondary N) is 1. The van der Waals surface area contributed by atoms with Crippen molar-refractivity contribution in [3.63, 3.8) is 0 Å². The summed E-state index contributed by atoms with van der Waals surface area (Å²) >= 11 is 6.45. The maximum atomic E-state index is 11.7. The number of benzene rings is 1. The highest BCUT2D eigenvalue weighted by molar-refractivity contribution is 6.33. The Morgan fingerprint density at radius 2 is 2.20 bits per heavy atom. The normalized spacial score (nSPS) is 28.7. The van der Waals surface area contributed by atoms with Gasteiger partial charge in [0.15, 0.2) is 0 Å². The molecule has 0 bridgehead atoms. The van der Waals surface area contributed by atoms with E-state index in [9.17, 15) is 4.79 Å². The standard InChI is InChI=1S/C15H20ClN3O/c1-3-9-5-4-8(2)19(9)13-7-12-10(6-11(13)16)14(17)15(20)18-12/h6-9,14H,3-5,17H2,1-2H3,(H,18,20). The molecule has 1 amide bonds. The molecule has 4 nitrogen and oxygen atoms in total. The van der Waals surface area contributed by atoms with Gasteiger partial charge in [0, 0.05) is 23.3 Å². The lowest BCUT2D eigenvalue weighted by molar-refractivity contribution is -0.116. The Kier molecular flexibility index (Phi) is 3.38. The van der Waals surface area contributed by atoms with Crippen LogP contribution >= 0.6 is 11.6 Å². The van der Waals surface area contributed by atoms with Crippen LogP contribution in [-0.4, -0.2) is 18.0 Å². The molecule has 1 aromatic carbocycles. The first-order valence-electron chi connectivity index (χ1n) is 7.21. The fourth-order valence-corrected chi connectivity index (χ4v) is 3.67. The van der Waals surface area contributed by atoms with E-state index in [1.54, 1.807) is 0 Å². The molecule has 0 spiro atoms. The van der Waals surface area contributed by atoms with Gasteiger partial charge >= 0.3 is 0 Å². The predicted molar refractivity (Wildman–Crippen MR) is 82.3 cm³/mol. The van der Waals surface area contributed by atoms with Crippen LogP contribution in [0.4, 0.5) is 11.4 Å². The monoisotopic (exact) mass is 293 g/mol. The molecule has 0 aromatic heterocycles. The number of nitrogens with zero attached hydrogens (tertiary/aromatic N) is 1. The van der Waals surface area contributed by atoms with Crippen LogP contribution in [-0.2, 0) is 4.79 Å². The van der Waals surface area contributed by atoms with E-state index in [0.717, 1.165) is 23.4 Å². The first-order valence-corrected chi connectivity index (χ1v) is 7.59. The minimum atomic E-state index is -0.602. The van der Waals surface area contributed by atoms with Crippen LogP contribution < -0.4 is 16.0 Å². The number of carbonyl (C=O) groups is 1. The van der Waals surface area contributed by atoms with Gasteiger partial charge in [-0.2, -0.15) is 0 Å². The molecule has 0 radical (unpaired) electrons. The van der Waals surface area contributed by atoms with Crippen molar-refractivity contribution in [2.45, 2.75) is 51.2 Å². The lowest BCUT2D eigenvalue weighted by atomic mass is 10.1. The van der Waals surface area contributed by atoms with E-state index in [-0.39, 0.29) is 5.91 Å². The quantitative estimate of drug-likeness (QED) is 0.881. The molecule has 3 unspecified atom stereocenters. The second kappa shape index (κ2) is 4.93. The number of nitrogens with two attached hydrogens (primary N) is 1. The van der Waals surface area contributed by atoms with Gasteiger partial charge in [0.2, 0.25) is 5.91 Å². The van der Waals surface area contributed by atoms with Crippen molar-refractivity contribution in [2.24, 2.45) is 5.73 Å². The van der Waals surface area contributed by atoms with Crippen LogP contribution in [0.5, 0.6) is 0 Å². The predicted octanol–water partition coefficient (Wildman–Crippen LogP) is 3.06. The lowest BCUT2D eigenvalue weighted by Gasteiger charge is -2.31. The summed E-state index contributed by atoms with van der Waals surface area (Å²) in [5.41, 5.74) is 8.47. The van der Waals surface area contributed by atoms with Crippen molar-refractivity contribution >= 4 is 28.9 Å². The molecule has 5 heteroatoms. The van der Waals surface area contributed by atoms with Gasteiger partial charge in [-0.25, -0.2) is 0 Å². The molecule has 2 aliphatic rings. The molecule has 0 saturated carbocycles. The van der Waals surface area contributed by atoms with Gasteiger partial charge in [-0.05, 0) is 38.3 Å². The maximum Gasteiger partial charge on any atom is 0.245 e.